The largest absolute Gasteiger partial charge is 0.377 e. The summed E-state index contributed by atoms with van der Waals surface area (Å²) >= 11 is 9.42. The lowest BCUT2D eigenvalue weighted by Gasteiger charge is -2.11. The van der Waals surface area contributed by atoms with Crippen LogP contribution in [0.5, 0.6) is 0 Å². The van der Waals surface area contributed by atoms with Crippen LogP contribution < -0.4 is 5.32 Å². The summed E-state index contributed by atoms with van der Waals surface area (Å²) in [5, 5.41) is 3.64. The normalized spacial score (nSPS) is 11.1. The zero-order chi connectivity index (χ0) is 14.0. The Balaban J connectivity index is 2.15. The summed E-state index contributed by atoms with van der Waals surface area (Å²) in [7, 11) is 0. The molecule has 0 aliphatic rings. The molecule has 1 aromatic carbocycles. The number of alkyl halides is 2. The van der Waals surface area contributed by atoms with E-state index in [0.717, 1.165) is 20.3 Å². The van der Waals surface area contributed by atoms with Gasteiger partial charge in [-0.2, -0.15) is 8.78 Å². The highest BCUT2D eigenvalue weighted by Crippen LogP contribution is 2.29. The third kappa shape index (κ3) is 3.25. The van der Waals surface area contributed by atoms with Crippen LogP contribution in [0.15, 0.2) is 29.0 Å². The Morgan fingerprint density at radius 3 is 2.89 bits per heavy atom. The summed E-state index contributed by atoms with van der Waals surface area (Å²) in [6.45, 7) is -0.514. The number of nitrogens with one attached hydrogen (secondary N) is 1. The maximum Gasteiger partial charge on any atom is 0.319 e. The van der Waals surface area contributed by atoms with Crippen molar-refractivity contribution in [2.75, 3.05) is 5.32 Å². The van der Waals surface area contributed by atoms with Crippen molar-refractivity contribution >= 4 is 33.2 Å². The molecule has 1 heterocycles. The van der Waals surface area contributed by atoms with Gasteiger partial charge in [0.15, 0.2) is 0 Å². The molecule has 1 N–H and O–H groups in total. The molecule has 7 heteroatoms. The average Bonchev–Trinajstić information content (AvgIpc) is 2.80. The van der Waals surface area contributed by atoms with E-state index in [1.165, 1.54) is 12.4 Å². The molecule has 3 nitrogen and oxygen atoms in total. The van der Waals surface area contributed by atoms with Gasteiger partial charge in [0.2, 0.25) is 0 Å². The van der Waals surface area contributed by atoms with Crippen molar-refractivity contribution in [3.05, 3.63) is 45.4 Å². The van der Waals surface area contributed by atoms with Gasteiger partial charge in [-0.1, -0.05) is 11.6 Å². The molecule has 2 aromatic rings. The second-order valence-electron chi connectivity index (χ2n) is 3.96. The van der Waals surface area contributed by atoms with Crippen LogP contribution in [-0.2, 0) is 6.54 Å². The van der Waals surface area contributed by atoms with Gasteiger partial charge in [-0.15, -0.1) is 0 Å². The van der Waals surface area contributed by atoms with E-state index >= 15 is 0 Å². The molecule has 0 unspecified atom stereocenters. The lowest BCUT2D eigenvalue weighted by atomic mass is 10.2. The molecule has 0 saturated carbocycles. The molecule has 102 valence electrons. The molecule has 0 fully saturated rings. The van der Waals surface area contributed by atoms with Gasteiger partial charge >= 0.3 is 6.55 Å². The van der Waals surface area contributed by atoms with E-state index in [0.29, 0.717) is 5.02 Å². The number of halogens is 4. The third-order valence-electron chi connectivity index (χ3n) is 2.64. The number of benzene rings is 1. The van der Waals surface area contributed by atoms with E-state index < -0.39 is 6.55 Å². The first-order valence-corrected chi connectivity index (χ1v) is 6.65. The van der Waals surface area contributed by atoms with Crippen LogP contribution >= 0.6 is 27.5 Å². The maximum absolute atomic E-state index is 12.6. The van der Waals surface area contributed by atoms with Crippen LogP contribution in [0, 0.1) is 6.92 Å². The summed E-state index contributed by atoms with van der Waals surface area (Å²) in [4.78, 5) is 3.89. The predicted octanol–water partition coefficient (Wildman–Crippen LogP) is 4.61. The van der Waals surface area contributed by atoms with E-state index in [1.54, 1.807) is 6.07 Å². The number of imidazole rings is 1. The van der Waals surface area contributed by atoms with Crippen LogP contribution in [0.4, 0.5) is 14.5 Å². The second kappa shape index (κ2) is 5.88. The first kappa shape index (κ1) is 14.3. The fourth-order valence-electron chi connectivity index (χ4n) is 1.61. The quantitative estimate of drug-likeness (QED) is 0.872. The number of anilines is 1. The van der Waals surface area contributed by atoms with Gasteiger partial charge in [0.1, 0.15) is 5.82 Å². The van der Waals surface area contributed by atoms with E-state index in [-0.39, 0.29) is 12.4 Å². The Morgan fingerprint density at radius 1 is 1.47 bits per heavy atom. The second-order valence-corrected chi connectivity index (χ2v) is 5.22. The minimum absolute atomic E-state index is 0.190. The van der Waals surface area contributed by atoms with Crippen molar-refractivity contribution in [2.24, 2.45) is 0 Å². The van der Waals surface area contributed by atoms with E-state index in [1.807, 2.05) is 13.0 Å². The standard InChI is InChI=1S/C12H11BrClF2N3/c1-7-4-8(13)10(5-9(7)14)18-6-11-17-2-3-19(11)12(15)16/h2-5,12,18H,6H2,1H3. The van der Waals surface area contributed by atoms with Crippen molar-refractivity contribution in [2.45, 2.75) is 20.0 Å². The Bertz CT molecular complexity index is 586. The number of aryl methyl sites for hydroxylation is 1. The summed E-state index contributed by atoms with van der Waals surface area (Å²) in [5.41, 5.74) is 1.67. The lowest BCUT2D eigenvalue weighted by Crippen LogP contribution is -2.09. The van der Waals surface area contributed by atoms with Crippen LogP contribution in [0.1, 0.15) is 17.9 Å². The van der Waals surface area contributed by atoms with Gasteiger partial charge in [0, 0.05) is 21.9 Å². The monoisotopic (exact) mass is 349 g/mol. The Kier molecular flexibility index (Phi) is 4.42. The van der Waals surface area contributed by atoms with Gasteiger partial charge in [0.05, 0.1) is 12.2 Å². The zero-order valence-electron chi connectivity index (χ0n) is 10.0. The zero-order valence-corrected chi connectivity index (χ0v) is 12.3. The third-order valence-corrected chi connectivity index (χ3v) is 3.71. The topological polar surface area (TPSA) is 29.9 Å². The van der Waals surface area contributed by atoms with Crippen molar-refractivity contribution < 1.29 is 8.78 Å². The minimum Gasteiger partial charge on any atom is -0.377 e. The van der Waals surface area contributed by atoms with E-state index in [2.05, 4.69) is 26.2 Å². The van der Waals surface area contributed by atoms with Crippen molar-refractivity contribution in [3.8, 4) is 0 Å². The number of hydrogen-bond donors (Lipinski definition) is 1. The molecule has 19 heavy (non-hydrogen) atoms. The first-order chi connectivity index (χ1) is 8.99. The summed E-state index contributed by atoms with van der Waals surface area (Å²) in [5.74, 6) is 0.263. The molecule has 0 aliphatic carbocycles. The van der Waals surface area contributed by atoms with Crippen molar-refractivity contribution in [1.82, 2.24) is 9.55 Å². The molecule has 0 bridgehead atoms. The van der Waals surface area contributed by atoms with Crippen LogP contribution in [0.25, 0.3) is 0 Å². The van der Waals surface area contributed by atoms with Gasteiger partial charge in [-0.05, 0) is 40.5 Å². The molecule has 2 rings (SSSR count). The molecule has 0 aliphatic heterocycles. The fourth-order valence-corrected chi connectivity index (χ4v) is 2.38. The van der Waals surface area contributed by atoms with Crippen LogP contribution in [0.3, 0.4) is 0 Å². The summed E-state index contributed by atoms with van der Waals surface area (Å²) < 4.78 is 26.9. The van der Waals surface area contributed by atoms with E-state index in [4.69, 9.17) is 11.6 Å². The van der Waals surface area contributed by atoms with Gasteiger partial charge in [0.25, 0.3) is 0 Å². The summed E-state index contributed by atoms with van der Waals surface area (Å²) in [6, 6.07) is 3.61. The average molecular weight is 351 g/mol. The lowest BCUT2D eigenvalue weighted by molar-refractivity contribution is 0.0673. The SMILES string of the molecule is Cc1cc(Br)c(NCc2nccn2C(F)F)cc1Cl. The smallest absolute Gasteiger partial charge is 0.319 e. The predicted molar refractivity (Wildman–Crippen MR) is 74.7 cm³/mol. The molecule has 0 radical (unpaired) electrons. The molecule has 0 amide bonds. The van der Waals surface area contributed by atoms with Gasteiger partial charge in [-0.25, -0.2) is 4.98 Å². The van der Waals surface area contributed by atoms with Crippen molar-refractivity contribution in [3.63, 3.8) is 0 Å². The van der Waals surface area contributed by atoms with Crippen LogP contribution in [-0.4, -0.2) is 9.55 Å². The number of aromatic nitrogens is 2. The highest BCUT2D eigenvalue weighted by molar-refractivity contribution is 9.10. The van der Waals surface area contributed by atoms with Gasteiger partial charge in [-0.3, -0.25) is 4.57 Å². The molecular weight excluding hydrogens is 340 g/mol. The summed E-state index contributed by atoms with van der Waals surface area (Å²) in [6.07, 6.45) is 2.60. The molecular formula is C12H11BrClF2N3. The molecule has 0 atom stereocenters. The number of hydrogen-bond acceptors (Lipinski definition) is 2. The molecule has 0 saturated heterocycles. The number of rotatable bonds is 4. The molecule has 1 aromatic heterocycles. The van der Waals surface area contributed by atoms with Gasteiger partial charge < -0.3 is 5.32 Å². The Hall–Kier alpha value is -1.14. The maximum atomic E-state index is 12.6. The fraction of sp³-hybridized carbons (Fsp3) is 0.250. The first-order valence-electron chi connectivity index (χ1n) is 5.48. The Labute approximate surface area is 122 Å². The number of nitrogens with zero attached hydrogens (tertiary/aromatic N) is 2. The molecule has 0 spiro atoms. The minimum atomic E-state index is -2.59. The highest BCUT2D eigenvalue weighted by atomic mass is 79.9. The van der Waals surface area contributed by atoms with Crippen LogP contribution in [0.2, 0.25) is 5.02 Å². The highest BCUT2D eigenvalue weighted by Gasteiger charge is 2.11. The van der Waals surface area contributed by atoms with Crippen molar-refractivity contribution in [1.29, 1.82) is 0 Å². The van der Waals surface area contributed by atoms with E-state index in [9.17, 15) is 8.78 Å². The Morgan fingerprint density at radius 2 is 2.21 bits per heavy atom.